The quantitative estimate of drug-likeness (QED) is 0.0788. The van der Waals surface area contributed by atoms with E-state index in [1.807, 2.05) is 0 Å². The van der Waals surface area contributed by atoms with Gasteiger partial charge in [-0.15, -0.1) is 0 Å². The molecule has 0 amide bonds. The topological polar surface area (TPSA) is 0 Å². The summed E-state index contributed by atoms with van der Waals surface area (Å²) in [7, 11) is -16.4. The van der Waals surface area contributed by atoms with Gasteiger partial charge in [-0.1, -0.05) is 116 Å². The molecule has 0 atom stereocenters. The zero-order valence-electron chi connectivity index (χ0n) is 27.3. The second-order valence-electron chi connectivity index (χ2n) is 11.2. The molecule has 0 nitrogen and oxygen atoms in total. The Labute approximate surface area is 294 Å². The summed E-state index contributed by atoms with van der Waals surface area (Å²) in [5.74, 6) is 0. The van der Waals surface area contributed by atoms with E-state index >= 15 is 0 Å². The molecule has 0 aromatic heterocycles. The molecule has 0 heterocycles. The molecule has 0 bridgehead atoms. The standard InChI is InChI=1S/C39H34P2.2BF4/c1-33(41(37-26-14-5-15-27-37,38-28-16-6-17-29-38)39-30-18-7-19-31-39)32-40(34-20-8-2-9-21-34,35-22-10-3-11-23-35)36-24-12-4-13-25-36;2*2-1(3,4)5/h2-31H,1,32H2;;/q+2;2*-1. The molecule has 0 aliphatic carbocycles. The summed E-state index contributed by atoms with van der Waals surface area (Å²) in [5.41, 5.74) is 0. The van der Waals surface area contributed by atoms with Crippen LogP contribution in [0.3, 0.4) is 0 Å². The van der Waals surface area contributed by atoms with Gasteiger partial charge in [0.25, 0.3) is 0 Å². The molecule has 0 aliphatic heterocycles. The third-order valence-electron chi connectivity index (χ3n) is 7.92. The largest absolute Gasteiger partial charge is 0.673 e. The predicted octanol–water partition coefficient (Wildman–Crippen LogP) is 10.1. The average molecular weight is 738 g/mol. The van der Waals surface area contributed by atoms with Gasteiger partial charge in [0.2, 0.25) is 0 Å². The highest BCUT2D eigenvalue weighted by Crippen LogP contribution is 2.68. The summed E-state index contributed by atoms with van der Waals surface area (Å²) in [4.78, 5) is 0. The molecule has 0 aliphatic rings. The van der Waals surface area contributed by atoms with Gasteiger partial charge in [0.15, 0.2) is 0 Å². The fourth-order valence-corrected chi connectivity index (χ4v) is 15.5. The third kappa shape index (κ3) is 10.5. The highest BCUT2D eigenvalue weighted by atomic mass is 31.2. The fourth-order valence-electron chi connectivity index (χ4n) is 6.10. The summed E-state index contributed by atoms with van der Waals surface area (Å²) in [6.45, 7) is 5.09. The van der Waals surface area contributed by atoms with E-state index in [4.69, 9.17) is 6.58 Å². The van der Waals surface area contributed by atoms with Crippen molar-refractivity contribution in [2.75, 3.05) is 6.16 Å². The SMILES string of the molecule is C=C(C[P+](c1ccccc1)(c1ccccc1)c1ccccc1)[P+](c1ccccc1)(c1ccccc1)c1ccccc1.F[B-](F)(F)F.F[B-](F)(F)F. The van der Waals surface area contributed by atoms with E-state index in [0.717, 1.165) is 6.16 Å². The maximum absolute atomic E-state index is 9.75. The molecular weight excluding hydrogens is 704 g/mol. The van der Waals surface area contributed by atoms with Crippen molar-refractivity contribution in [2.45, 2.75) is 0 Å². The van der Waals surface area contributed by atoms with E-state index < -0.39 is 29.0 Å². The van der Waals surface area contributed by atoms with Crippen molar-refractivity contribution >= 4 is 60.9 Å². The van der Waals surface area contributed by atoms with Crippen molar-refractivity contribution in [1.29, 1.82) is 0 Å². The first-order valence-corrected chi connectivity index (χ1v) is 19.6. The summed E-state index contributed by atoms with van der Waals surface area (Å²) >= 11 is 0. The van der Waals surface area contributed by atoms with Crippen LogP contribution < -0.4 is 31.8 Å². The van der Waals surface area contributed by atoms with E-state index in [-0.39, 0.29) is 0 Å². The van der Waals surface area contributed by atoms with Crippen molar-refractivity contribution in [3.05, 3.63) is 194 Å². The molecule has 6 aromatic carbocycles. The monoisotopic (exact) mass is 738 g/mol. The molecule has 0 N–H and O–H groups in total. The Morgan fingerprint density at radius 3 is 0.725 bits per heavy atom. The number of rotatable bonds is 9. The zero-order chi connectivity index (χ0) is 37.0. The van der Waals surface area contributed by atoms with E-state index in [0.29, 0.717) is 0 Å². The van der Waals surface area contributed by atoms with Crippen LogP contribution in [0.5, 0.6) is 0 Å². The smallest absolute Gasteiger partial charge is 0.418 e. The first kappa shape index (κ1) is 39.3. The van der Waals surface area contributed by atoms with Gasteiger partial charge >= 0.3 is 14.5 Å². The van der Waals surface area contributed by atoms with Gasteiger partial charge in [0.1, 0.15) is 57.8 Å². The number of hydrogen-bond acceptors (Lipinski definition) is 0. The minimum atomic E-state index is -6.00. The van der Waals surface area contributed by atoms with Gasteiger partial charge in [0, 0.05) is 0 Å². The molecule has 0 saturated carbocycles. The lowest BCUT2D eigenvalue weighted by Crippen LogP contribution is -2.38. The zero-order valence-corrected chi connectivity index (χ0v) is 29.1. The van der Waals surface area contributed by atoms with Gasteiger partial charge in [-0.2, -0.15) is 0 Å². The predicted molar refractivity (Wildman–Crippen MR) is 205 cm³/mol. The number of halogens is 8. The number of hydrogen-bond donors (Lipinski definition) is 0. The van der Waals surface area contributed by atoms with Gasteiger partial charge < -0.3 is 34.5 Å². The van der Waals surface area contributed by atoms with Crippen LogP contribution in [0.15, 0.2) is 194 Å². The first-order valence-electron chi connectivity index (χ1n) is 15.8. The highest BCUT2D eigenvalue weighted by molar-refractivity contribution is 8.01. The molecule has 0 spiro atoms. The first-order chi connectivity index (χ1) is 24.3. The Bertz CT molecular complexity index is 1700. The van der Waals surface area contributed by atoms with Crippen molar-refractivity contribution in [3.8, 4) is 0 Å². The number of benzene rings is 6. The van der Waals surface area contributed by atoms with Gasteiger partial charge in [-0.3, -0.25) is 0 Å². The van der Waals surface area contributed by atoms with Crippen molar-refractivity contribution in [3.63, 3.8) is 0 Å². The minimum Gasteiger partial charge on any atom is -0.418 e. The van der Waals surface area contributed by atoms with Crippen LogP contribution in [0.25, 0.3) is 0 Å². The van der Waals surface area contributed by atoms with Crippen LogP contribution in [-0.2, 0) is 0 Å². The molecule has 0 saturated heterocycles. The van der Waals surface area contributed by atoms with Gasteiger partial charge in [-0.05, 0) is 72.8 Å². The van der Waals surface area contributed by atoms with Crippen LogP contribution >= 0.6 is 14.5 Å². The average Bonchev–Trinajstić information content (AvgIpc) is 3.12. The third-order valence-corrected chi connectivity index (χ3v) is 16.9. The summed E-state index contributed by atoms with van der Waals surface area (Å²) < 4.78 is 78.0. The van der Waals surface area contributed by atoms with Crippen LogP contribution in [0, 0.1) is 0 Å². The Morgan fingerprint density at radius 2 is 0.529 bits per heavy atom. The molecule has 0 fully saturated rings. The van der Waals surface area contributed by atoms with E-state index in [2.05, 4.69) is 182 Å². The Hall–Kier alpha value is -4.51. The Morgan fingerprint density at radius 1 is 0.353 bits per heavy atom. The van der Waals surface area contributed by atoms with E-state index in [9.17, 15) is 34.5 Å². The summed E-state index contributed by atoms with van der Waals surface area (Å²) in [5, 5.41) is 9.47. The van der Waals surface area contributed by atoms with Gasteiger partial charge in [-0.25, -0.2) is 0 Å². The molecule has 6 rings (SSSR count). The van der Waals surface area contributed by atoms with Crippen LogP contribution in [-0.4, -0.2) is 20.7 Å². The number of allylic oxidation sites excluding steroid dienone is 1. The fraction of sp³-hybridized carbons (Fsp3) is 0.0256. The lowest BCUT2D eigenvalue weighted by molar-refractivity contribution is 0.366. The highest BCUT2D eigenvalue weighted by Gasteiger charge is 2.55. The second kappa shape index (κ2) is 17.6. The minimum absolute atomic E-state index is 0.873. The molecule has 262 valence electrons. The normalized spacial score (nSPS) is 11.7. The maximum Gasteiger partial charge on any atom is 0.673 e. The lowest BCUT2D eigenvalue weighted by atomic mass is 10.3. The molecule has 0 unspecified atom stereocenters. The Kier molecular flexibility index (Phi) is 13.6. The van der Waals surface area contributed by atoms with Crippen molar-refractivity contribution in [1.82, 2.24) is 0 Å². The summed E-state index contributed by atoms with van der Waals surface area (Å²) in [6, 6.07) is 66.8. The van der Waals surface area contributed by atoms with Crippen LogP contribution in [0.4, 0.5) is 34.5 Å². The maximum atomic E-state index is 9.75. The molecular formula is C39H34B2F8P2. The lowest BCUT2D eigenvalue weighted by Gasteiger charge is -2.33. The van der Waals surface area contributed by atoms with Crippen molar-refractivity contribution in [2.24, 2.45) is 0 Å². The molecule has 51 heavy (non-hydrogen) atoms. The van der Waals surface area contributed by atoms with E-state index in [1.165, 1.54) is 37.1 Å². The molecule has 0 radical (unpaired) electrons. The van der Waals surface area contributed by atoms with Gasteiger partial charge in [0.05, 0.1) is 0 Å². The van der Waals surface area contributed by atoms with Crippen LogP contribution in [0.1, 0.15) is 0 Å². The molecule has 12 heteroatoms. The van der Waals surface area contributed by atoms with Crippen LogP contribution in [0.2, 0.25) is 0 Å². The molecule has 6 aromatic rings. The van der Waals surface area contributed by atoms with E-state index in [1.54, 1.807) is 0 Å². The summed E-state index contributed by atoms with van der Waals surface area (Å²) in [6.07, 6.45) is 0.873. The Balaban J connectivity index is 0.000000516. The second-order valence-corrected chi connectivity index (χ2v) is 18.2. The van der Waals surface area contributed by atoms with Crippen molar-refractivity contribution < 1.29 is 34.5 Å².